The first-order valence-electron chi connectivity index (χ1n) is 6.63. The normalized spacial score (nSPS) is 18.5. The Hall–Kier alpha value is -1.40. The average Bonchev–Trinajstić information content (AvgIpc) is 2.95. The van der Waals surface area contributed by atoms with Crippen LogP contribution in [0.5, 0.6) is 5.75 Å². The summed E-state index contributed by atoms with van der Waals surface area (Å²) < 4.78 is 21.9. The summed E-state index contributed by atoms with van der Waals surface area (Å²) in [6.07, 6.45) is 1.95. The molecule has 1 aromatic carbocycles. The number of carbonyl (C=O) groups is 1. The first-order chi connectivity index (χ1) is 9.97. The van der Waals surface area contributed by atoms with Gasteiger partial charge in [-0.1, -0.05) is 12.1 Å². The maximum Gasteiger partial charge on any atom is 0.359 e. The van der Waals surface area contributed by atoms with Crippen molar-refractivity contribution in [1.82, 2.24) is 5.32 Å². The molecular weight excluding hydrogens is 297 g/mol. The maximum absolute atomic E-state index is 11.6. The molecule has 2 rings (SSSR count). The largest absolute Gasteiger partial charge is 0.483 e. The van der Waals surface area contributed by atoms with Crippen molar-refractivity contribution in [2.45, 2.75) is 18.9 Å². The lowest BCUT2D eigenvalue weighted by Gasteiger charge is -2.13. The smallest absolute Gasteiger partial charge is 0.359 e. The molecule has 1 aliphatic heterocycles. The summed E-state index contributed by atoms with van der Waals surface area (Å²) in [4.78, 5) is 30.0. The van der Waals surface area contributed by atoms with Crippen molar-refractivity contribution in [3.05, 3.63) is 24.3 Å². The van der Waals surface area contributed by atoms with E-state index in [4.69, 9.17) is 9.47 Å². The molecule has 1 unspecified atom stereocenters. The lowest BCUT2D eigenvalue weighted by atomic mass is 10.2. The Balaban J connectivity index is 1.85. The van der Waals surface area contributed by atoms with E-state index in [-0.39, 0.29) is 29.7 Å². The van der Waals surface area contributed by atoms with Gasteiger partial charge in [0.1, 0.15) is 11.1 Å². The zero-order valence-corrected chi connectivity index (χ0v) is 12.3. The van der Waals surface area contributed by atoms with E-state index in [9.17, 15) is 19.1 Å². The van der Waals surface area contributed by atoms with Gasteiger partial charge in [0, 0.05) is 13.2 Å². The standard InChI is InChI=1S/C13H18NO6P/c15-13(14-8-10-4-3-7-19-10)9-20-11-5-1-2-6-12(11)21(16,17)18/h1-2,5-6,10H,3-4,7-9H2,(H,14,15)(H2,16,17,18). The molecule has 1 aliphatic rings. The fourth-order valence-corrected chi connectivity index (χ4v) is 2.75. The zero-order chi connectivity index (χ0) is 15.3. The Morgan fingerprint density at radius 3 is 2.86 bits per heavy atom. The number of amides is 1. The van der Waals surface area contributed by atoms with Gasteiger partial charge in [-0.2, -0.15) is 0 Å². The molecule has 1 fully saturated rings. The van der Waals surface area contributed by atoms with Gasteiger partial charge >= 0.3 is 7.60 Å². The van der Waals surface area contributed by atoms with Crippen LogP contribution < -0.4 is 15.4 Å². The van der Waals surface area contributed by atoms with Crippen LogP contribution in [-0.2, 0) is 14.1 Å². The third kappa shape index (κ3) is 4.82. The van der Waals surface area contributed by atoms with Gasteiger partial charge in [0.15, 0.2) is 6.61 Å². The second-order valence-electron chi connectivity index (χ2n) is 4.74. The highest BCUT2D eigenvalue weighted by Gasteiger charge is 2.22. The van der Waals surface area contributed by atoms with Crippen molar-refractivity contribution in [2.24, 2.45) is 0 Å². The lowest BCUT2D eigenvalue weighted by Crippen LogP contribution is -2.35. The van der Waals surface area contributed by atoms with Crippen molar-refractivity contribution in [1.29, 1.82) is 0 Å². The van der Waals surface area contributed by atoms with Crippen LogP contribution in [0.25, 0.3) is 0 Å². The van der Waals surface area contributed by atoms with E-state index in [0.29, 0.717) is 13.2 Å². The van der Waals surface area contributed by atoms with Crippen molar-refractivity contribution >= 4 is 18.8 Å². The second-order valence-corrected chi connectivity index (χ2v) is 6.31. The van der Waals surface area contributed by atoms with Crippen LogP contribution in [0.15, 0.2) is 24.3 Å². The third-order valence-electron chi connectivity index (χ3n) is 3.09. The molecule has 1 heterocycles. The molecule has 116 valence electrons. The van der Waals surface area contributed by atoms with Crippen molar-refractivity contribution in [2.75, 3.05) is 19.8 Å². The van der Waals surface area contributed by atoms with E-state index in [0.717, 1.165) is 12.8 Å². The Labute approximate surface area is 122 Å². The van der Waals surface area contributed by atoms with Crippen LogP contribution in [0.3, 0.4) is 0 Å². The topological polar surface area (TPSA) is 105 Å². The Kier molecular flexibility index (Phi) is 5.36. The molecule has 8 heteroatoms. The van der Waals surface area contributed by atoms with E-state index in [2.05, 4.69) is 5.32 Å². The number of rotatable bonds is 6. The molecule has 0 saturated carbocycles. The van der Waals surface area contributed by atoms with Gasteiger partial charge < -0.3 is 24.6 Å². The van der Waals surface area contributed by atoms with Crippen LogP contribution in [0, 0.1) is 0 Å². The maximum atomic E-state index is 11.6. The average molecular weight is 315 g/mol. The first kappa shape index (κ1) is 16.0. The van der Waals surface area contributed by atoms with Crippen LogP contribution in [0.1, 0.15) is 12.8 Å². The Morgan fingerprint density at radius 2 is 2.19 bits per heavy atom. The fourth-order valence-electron chi connectivity index (χ4n) is 2.05. The monoisotopic (exact) mass is 315 g/mol. The molecule has 21 heavy (non-hydrogen) atoms. The minimum absolute atomic E-state index is 0.0121. The number of benzene rings is 1. The third-order valence-corrected chi connectivity index (χ3v) is 4.09. The quantitative estimate of drug-likeness (QED) is 0.646. The van der Waals surface area contributed by atoms with Crippen LogP contribution in [-0.4, -0.2) is 41.6 Å². The molecule has 1 saturated heterocycles. The minimum Gasteiger partial charge on any atom is -0.483 e. The van der Waals surface area contributed by atoms with Gasteiger partial charge in [0.05, 0.1) is 6.10 Å². The molecule has 0 spiro atoms. The van der Waals surface area contributed by atoms with E-state index in [1.807, 2.05) is 0 Å². The van der Waals surface area contributed by atoms with E-state index in [1.54, 1.807) is 6.07 Å². The molecule has 0 aliphatic carbocycles. The van der Waals surface area contributed by atoms with Crippen LogP contribution >= 0.6 is 7.60 Å². The van der Waals surface area contributed by atoms with Gasteiger partial charge in [-0.25, -0.2) is 0 Å². The van der Waals surface area contributed by atoms with Crippen LogP contribution in [0.2, 0.25) is 0 Å². The van der Waals surface area contributed by atoms with E-state index in [1.165, 1.54) is 18.2 Å². The van der Waals surface area contributed by atoms with E-state index >= 15 is 0 Å². The van der Waals surface area contributed by atoms with Gasteiger partial charge in [-0.3, -0.25) is 9.36 Å². The molecule has 7 nitrogen and oxygen atoms in total. The molecule has 3 N–H and O–H groups in total. The SMILES string of the molecule is O=C(COc1ccccc1P(=O)(O)O)NCC1CCCO1. The highest BCUT2D eigenvalue weighted by atomic mass is 31.2. The molecule has 0 bridgehead atoms. The summed E-state index contributed by atoms with van der Waals surface area (Å²) in [5.41, 5.74) is 0. The summed E-state index contributed by atoms with van der Waals surface area (Å²) in [5, 5.41) is 2.44. The number of hydrogen-bond donors (Lipinski definition) is 3. The summed E-state index contributed by atoms with van der Waals surface area (Å²) >= 11 is 0. The van der Waals surface area contributed by atoms with Crippen molar-refractivity contribution in [3.8, 4) is 5.75 Å². The molecule has 1 amide bonds. The first-order valence-corrected chi connectivity index (χ1v) is 8.24. The highest BCUT2D eigenvalue weighted by Crippen LogP contribution is 2.37. The molecule has 1 atom stereocenters. The number of carbonyl (C=O) groups excluding carboxylic acids is 1. The number of nitrogens with one attached hydrogen (secondary N) is 1. The predicted molar refractivity (Wildman–Crippen MR) is 75.6 cm³/mol. The molecule has 0 aromatic heterocycles. The summed E-state index contributed by atoms with van der Waals surface area (Å²) in [6.45, 7) is 0.832. The molecular formula is C13H18NO6P. The van der Waals surface area contributed by atoms with Gasteiger partial charge in [-0.05, 0) is 25.0 Å². The van der Waals surface area contributed by atoms with Crippen LogP contribution in [0.4, 0.5) is 0 Å². The lowest BCUT2D eigenvalue weighted by molar-refractivity contribution is -0.123. The summed E-state index contributed by atoms with van der Waals surface area (Å²) in [6, 6.07) is 5.78. The van der Waals surface area contributed by atoms with Crippen molar-refractivity contribution in [3.63, 3.8) is 0 Å². The van der Waals surface area contributed by atoms with E-state index < -0.39 is 7.60 Å². The highest BCUT2D eigenvalue weighted by molar-refractivity contribution is 7.60. The minimum atomic E-state index is -4.42. The van der Waals surface area contributed by atoms with Gasteiger partial charge in [0.25, 0.3) is 5.91 Å². The second kappa shape index (κ2) is 7.04. The fraction of sp³-hybridized carbons (Fsp3) is 0.462. The van der Waals surface area contributed by atoms with Gasteiger partial charge in [0.2, 0.25) is 0 Å². The Morgan fingerprint density at radius 1 is 1.43 bits per heavy atom. The molecule has 0 radical (unpaired) electrons. The Bertz CT molecular complexity index is 537. The predicted octanol–water partition coefficient (Wildman–Crippen LogP) is 0.164. The number of ether oxygens (including phenoxy) is 2. The number of para-hydroxylation sites is 1. The number of hydrogen-bond acceptors (Lipinski definition) is 4. The zero-order valence-electron chi connectivity index (χ0n) is 11.4. The van der Waals surface area contributed by atoms with Crippen molar-refractivity contribution < 1.29 is 28.6 Å². The summed E-state index contributed by atoms with van der Waals surface area (Å²) in [5.74, 6) is -0.343. The molecule has 1 aromatic rings. The summed E-state index contributed by atoms with van der Waals surface area (Å²) in [7, 11) is -4.42. The van der Waals surface area contributed by atoms with Gasteiger partial charge in [-0.15, -0.1) is 0 Å².